The quantitative estimate of drug-likeness (QED) is 0.150. The molecule has 0 amide bonds. The van der Waals surface area contributed by atoms with E-state index in [1.807, 2.05) is 0 Å². The first-order valence-electron chi connectivity index (χ1n) is 17.8. The Balaban J connectivity index is 1.47. The van der Waals surface area contributed by atoms with Crippen molar-refractivity contribution in [1.29, 1.82) is 0 Å². The molecule has 4 heteroatoms. The molecular weight excluding hydrogens is 695 g/mol. The molecule has 0 N–H and O–H groups in total. The van der Waals surface area contributed by atoms with E-state index in [0.717, 1.165) is 19.3 Å². The Hall–Kier alpha value is -1.96. The molecule has 4 aromatic rings. The number of hydrogen-bond acceptors (Lipinski definition) is 0. The number of fused-ring (bicyclic) bond motifs is 2. The number of hydrogen-bond donors (Lipinski definition) is 0. The monoisotopic (exact) mass is 740 g/mol. The van der Waals surface area contributed by atoms with E-state index in [2.05, 4.69) is 135 Å². The summed E-state index contributed by atoms with van der Waals surface area (Å²) in [7, 11) is 18.2. The third-order valence-corrected chi connectivity index (χ3v) is 79.6. The van der Waals surface area contributed by atoms with Crippen LogP contribution in [0.4, 0.5) is 0 Å². The maximum absolute atomic E-state index is 9.10. The summed E-state index contributed by atoms with van der Waals surface area (Å²) in [6.45, 7) is 7.22. The zero-order valence-corrected chi connectivity index (χ0v) is 32.8. The van der Waals surface area contributed by atoms with E-state index in [4.69, 9.17) is 17.0 Å². The van der Waals surface area contributed by atoms with Gasteiger partial charge in [0.15, 0.2) is 0 Å². The molecule has 46 heavy (non-hydrogen) atoms. The summed E-state index contributed by atoms with van der Waals surface area (Å²) in [5.74, 6) is -1.14. The molecule has 0 aliphatic heterocycles. The summed E-state index contributed by atoms with van der Waals surface area (Å²) >= 11 is -5.75. The van der Waals surface area contributed by atoms with E-state index < -0.39 is 20.0 Å². The molecule has 3 aliphatic rings. The van der Waals surface area contributed by atoms with E-state index in [-0.39, 0.29) is 7.25 Å². The van der Waals surface area contributed by atoms with Crippen LogP contribution in [-0.2, 0) is 14.1 Å². The fourth-order valence-corrected chi connectivity index (χ4v) is 53.1. The van der Waals surface area contributed by atoms with E-state index in [9.17, 15) is 0 Å². The first kappa shape index (κ1) is 32.6. The van der Waals surface area contributed by atoms with Gasteiger partial charge in [0, 0.05) is 0 Å². The second-order valence-corrected chi connectivity index (χ2v) is 65.9. The summed E-state index contributed by atoms with van der Waals surface area (Å²) in [6.07, 6.45) is 17.3. The average Bonchev–Trinajstić information content (AvgIpc) is 3.72. The second-order valence-electron chi connectivity index (χ2n) is 14.9. The molecule has 0 spiro atoms. The van der Waals surface area contributed by atoms with Crippen LogP contribution in [0.15, 0.2) is 109 Å². The van der Waals surface area contributed by atoms with Gasteiger partial charge >= 0.3 is 285 Å². The van der Waals surface area contributed by atoms with E-state index >= 15 is 0 Å². The molecule has 0 heterocycles. The summed E-state index contributed by atoms with van der Waals surface area (Å²) in [6, 6.07) is 36.4. The molecule has 238 valence electrons. The predicted molar refractivity (Wildman–Crippen MR) is 203 cm³/mol. The van der Waals surface area contributed by atoms with Crippen LogP contribution in [0.25, 0.3) is 23.3 Å². The normalized spacial score (nSPS) is 21.0. The van der Waals surface area contributed by atoms with Gasteiger partial charge < -0.3 is 0 Å². The van der Waals surface area contributed by atoms with Crippen molar-refractivity contribution >= 4 is 38.4 Å². The van der Waals surface area contributed by atoms with Crippen LogP contribution in [0.1, 0.15) is 99.3 Å². The Morgan fingerprint density at radius 2 is 1.46 bits per heavy atom. The summed E-state index contributed by atoms with van der Waals surface area (Å²) < 4.78 is 1.22. The van der Waals surface area contributed by atoms with Crippen molar-refractivity contribution in [2.24, 2.45) is 0 Å². The fourth-order valence-electron chi connectivity index (χ4n) is 9.77. The van der Waals surface area contributed by atoms with Gasteiger partial charge in [-0.1, -0.05) is 0 Å². The first-order valence-corrected chi connectivity index (χ1v) is 35.3. The van der Waals surface area contributed by atoms with Crippen LogP contribution in [0.5, 0.6) is 0 Å². The van der Waals surface area contributed by atoms with E-state index in [0.29, 0.717) is 5.92 Å². The Labute approximate surface area is 282 Å². The van der Waals surface area contributed by atoms with Crippen molar-refractivity contribution in [3.63, 3.8) is 0 Å². The van der Waals surface area contributed by atoms with Gasteiger partial charge in [0.1, 0.15) is 0 Å². The first-order chi connectivity index (χ1) is 22.2. The molecule has 7 rings (SSSR count). The van der Waals surface area contributed by atoms with Gasteiger partial charge in [0.05, 0.1) is 0 Å². The number of allylic oxidation sites excluding steroid dienone is 2. The Morgan fingerprint density at radius 1 is 0.761 bits per heavy atom. The molecular formula is C42H48Cl2SiZr. The van der Waals surface area contributed by atoms with Crippen LogP contribution >= 0.6 is 17.0 Å². The summed E-state index contributed by atoms with van der Waals surface area (Å²) in [4.78, 5) is 0. The fraction of sp³-hybridized carbons (Fsp3) is 0.333. The molecule has 0 saturated heterocycles. The van der Waals surface area contributed by atoms with E-state index in [1.54, 1.807) is 0 Å². The molecule has 0 bridgehead atoms. The molecule has 2 unspecified atom stereocenters. The third-order valence-electron chi connectivity index (χ3n) is 12.4. The molecule has 0 nitrogen and oxygen atoms in total. The zero-order valence-electron chi connectivity index (χ0n) is 27.7. The van der Waals surface area contributed by atoms with Gasteiger partial charge in [-0.25, -0.2) is 0 Å². The molecule has 1 saturated carbocycles. The number of unbranched alkanes of at least 4 members (excludes halogenated alkanes) is 1. The third kappa shape index (κ3) is 4.75. The molecule has 4 aromatic carbocycles. The molecule has 0 aromatic heterocycles. The standard InChI is InChI=1S/C25H29.C9H7.C6H5.C2H7Si.2ClH.Zr/c1-2-3-8-19-17-23-11-7-12-24(25(23)18-19)22-15-13-21(14-16-22)20-9-5-4-6-10-20;1-2-5-9-7-3-6-8(9)4-1;1-2-4-6-5-3-1;1-3-2;;;/h7,11-18,20H,2-6,8-10H2,1H3;1-7H;1-5H;3H,1-2H3;2*1H;/q;;;;;;+2/p-2. The van der Waals surface area contributed by atoms with Crippen LogP contribution in [0.3, 0.4) is 0 Å². The minimum atomic E-state index is -5.75. The summed E-state index contributed by atoms with van der Waals surface area (Å²) in [5, 5.41) is 0. The Morgan fingerprint density at radius 3 is 2.17 bits per heavy atom. The maximum atomic E-state index is 9.10. The molecule has 0 radical (unpaired) electrons. The van der Waals surface area contributed by atoms with Gasteiger partial charge in [-0.05, 0) is 0 Å². The van der Waals surface area contributed by atoms with Gasteiger partial charge in [-0.15, -0.1) is 0 Å². The topological polar surface area (TPSA) is 0 Å². The molecule has 2 atom stereocenters. The van der Waals surface area contributed by atoms with Crippen molar-refractivity contribution in [1.82, 2.24) is 0 Å². The van der Waals surface area contributed by atoms with Gasteiger partial charge in [0.25, 0.3) is 0 Å². The van der Waals surface area contributed by atoms with Crippen LogP contribution < -0.4 is 3.27 Å². The average molecular weight is 743 g/mol. The number of rotatable bonds is 9. The predicted octanol–water partition coefficient (Wildman–Crippen LogP) is 12.6. The Bertz CT molecular complexity index is 1810. The second kappa shape index (κ2) is 12.2. The van der Waals surface area contributed by atoms with Crippen molar-refractivity contribution < 1.29 is 14.1 Å². The molecule has 3 aliphatic carbocycles. The van der Waals surface area contributed by atoms with Crippen molar-refractivity contribution in [3.8, 4) is 11.1 Å². The van der Waals surface area contributed by atoms with Crippen LogP contribution in [0.2, 0.25) is 13.1 Å². The minimum absolute atomic E-state index is 0.00224. The van der Waals surface area contributed by atoms with Crippen LogP contribution in [0, 0.1) is 0 Å². The van der Waals surface area contributed by atoms with Crippen molar-refractivity contribution in [2.75, 3.05) is 0 Å². The van der Waals surface area contributed by atoms with Gasteiger partial charge in [-0.2, -0.15) is 0 Å². The van der Waals surface area contributed by atoms with E-state index in [1.165, 1.54) is 79.9 Å². The Kier molecular flexibility index (Phi) is 8.62. The summed E-state index contributed by atoms with van der Waals surface area (Å²) in [5.41, 5.74) is 10.8. The van der Waals surface area contributed by atoms with Crippen LogP contribution in [-0.4, -0.2) is 5.92 Å². The van der Waals surface area contributed by atoms with Gasteiger partial charge in [-0.3, -0.25) is 0 Å². The SMILES string of the molecule is CCCCC1=Cc2c(-c3ccc(C4CCCCC4)cc3)cccc2[CH]1[Zr]([Cl])([Cl])([c]1ccccc1)([CH]1C=Cc2ccccc21)[SiH](C)C. The zero-order chi connectivity index (χ0) is 32.0. The number of halogens is 2. The van der Waals surface area contributed by atoms with Crippen molar-refractivity contribution in [2.45, 2.75) is 84.6 Å². The number of benzene rings is 4. The molecule has 1 fully saturated rings. The van der Waals surface area contributed by atoms with Crippen molar-refractivity contribution in [3.05, 3.63) is 137 Å². The van der Waals surface area contributed by atoms with Gasteiger partial charge in [0.2, 0.25) is 0 Å².